The predicted molar refractivity (Wildman–Crippen MR) is 113 cm³/mol. The van der Waals surface area contributed by atoms with E-state index in [0.29, 0.717) is 31.2 Å². The minimum absolute atomic E-state index is 0.175. The van der Waals surface area contributed by atoms with Crippen molar-refractivity contribution in [2.24, 2.45) is 4.99 Å². The average molecular weight is 401 g/mol. The lowest BCUT2D eigenvalue weighted by Crippen LogP contribution is -2.49. The number of nitrogens with zero attached hydrogens (tertiary/aromatic N) is 4. The molecule has 8 heteroatoms. The number of amides is 1. The molecule has 4 rings (SSSR count). The fraction of sp³-hybridized carbons (Fsp3) is 0.667. The SMILES string of the molecule is CCNC(=NCCC(=O)N1CCN(c2ccccn2)CC1)NC1CC2CCC1O2. The summed E-state index contributed by atoms with van der Waals surface area (Å²) in [5.41, 5.74) is 0. The molecule has 3 aliphatic heterocycles. The lowest BCUT2D eigenvalue weighted by atomic mass is 9.96. The standard InChI is InChI=1S/C21H32N6O2/c1-2-22-21(25-17-15-16-6-7-18(17)29-16)24-10-8-20(28)27-13-11-26(12-14-27)19-5-3-4-9-23-19/h3-5,9,16-18H,2,6-8,10-15H2,1H3,(H2,22,24,25). The first-order valence-corrected chi connectivity index (χ1v) is 10.9. The maximum absolute atomic E-state index is 12.6. The monoisotopic (exact) mass is 400 g/mol. The molecule has 3 atom stereocenters. The van der Waals surface area contributed by atoms with Crippen molar-refractivity contribution >= 4 is 17.7 Å². The van der Waals surface area contributed by atoms with Gasteiger partial charge in [0.2, 0.25) is 5.91 Å². The van der Waals surface area contributed by atoms with Crippen LogP contribution in [0.1, 0.15) is 32.6 Å². The number of aromatic nitrogens is 1. The highest BCUT2D eigenvalue weighted by molar-refractivity contribution is 5.81. The third-order valence-corrected chi connectivity index (χ3v) is 5.97. The molecule has 0 aliphatic carbocycles. The van der Waals surface area contributed by atoms with Crippen molar-refractivity contribution in [3.63, 3.8) is 0 Å². The van der Waals surface area contributed by atoms with E-state index in [-0.39, 0.29) is 5.91 Å². The summed E-state index contributed by atoms with van der Waals surface area (Å²) in [6.07, 6.45) is 6.32. The van der Waals surface area contributed by atoms with E-state index in [1.165, 1.54) is 6.42 Å². The highest BCUT2D eigenvalue weighted by atomic mass is 16.5. The lowest BCUT2D eigenvalue weighted by Gasteiger charge is -2.35. The molecule has 0 spiro atoms. The molecule has 3 unspecified atom stereocenters. The number of carbonyl (C=O) groups is 1. The number of ether oxygens (including phenoxy) is 1. The fourth-order valence-electron chi connectivity index (χ4n) is 4.43. The normalized spacial score (nSPS) is 26.7. The summed E-state index contributed by atoms with van der Waals surface area (Å²) in [6, 6.07) is 6.27. The zero-order valence-electron chi connectivity index (χ0n) is 17.2. The summed E-state index contributed by atoms with van der Waals surface area (Å²) in [7, 11) is 0. The van der Waals surface area contributed by atoms with Crippen molar-refractivity contribution < 1.29 is 9.53 Å². The van der Waals surface area contributed by atoms with Crippen molar-refractivity contribution in [1.82, 2.24) is 20.5 Å². The molecule has 29 heavy (non-hydrogen) atoms. The van der Waals surface area contributed by atoms with Gasteiger partial charge in [-0.15, -0.1) is 0 Å². The van der Waals surface area contributed by atoms with Gasteiger partial charge in [0.15, 0.2) is 5.96 Å². The number of hydrogen-bond acceptors (Lipinski definition) is 5. The van der Waals surface area contributed by atoms with Crippen molar-refractivity contribution in [3.05, 3.63) is 24.4 Å². The number of fused-ring (bicyclic) bond motifs is 2. The molecule has 1 aromatic rings. The highest BCUT2D eigenvalue weighted by Crippen LogP contribution is 2.34. The molecule has 3 saturated heterocycles. The molecule has 1 amide bonds. The van der Waals surface area contributed by atoms with Crippen molar-refractivity contribution in [2.45, 2.75) is 50.9 Å². The number of hydrogen-bond donors (Lipinski definition) is 2. The minimum Gasteiger partial charge on any atom is -0.373 e. The van der Waals surface area contributed by atoms with Crippen LogP contribution in [0, 0.1) is 0 Å². The Morgan fingerprint density at radius 3 is 2.79 bits per heavy atom. The van der Waals surface area contributed by atoms with Gasteiger partial charge in [-0.3, -0.25) is 9.79 Å². The van der Waals surface area contributed by atoms with Gasteiger partial charge in [-0.1, -0.05) is 6.07 Å². The quantitative estimate of drug-likeness (QED) is 0.548. The van der Waals surface area contributed by atoms with Gasteiger partial charge in [0.25, 0.3) is 0 Å². The Kier molecular flexibility index (Phi) is 6.49. The van der Waals surface area contributed by atoms with E-state index in [9.17, 15) is 4.79 Å². The number of pyridine rings is 1. The summed E-state index contributed by atoms with van der Waals surface area (Å²) in [4.78, 5) is 25.8. The average Bonchev–Trinajstić information content (AvgIpc) is 3.38. The lowest BCUT2D eigenvalue weighted by molar-refractivity contribution is -0.131. The van der Waals surface area contributed by atoms with E-state index in [1.807, 2.05) is 29.3 Å². The third kappa shape index (κ3) is 4.98. The van der Waals surface area contributed by atoms with E-state index in [4.69, 9.17) is 4.74 Å². The Bertz CT molecular complexity index is 704. The summed E-state index contributed by atoms with van der Waals surface area (Å²) >= 11 is 0. The second-order valence-corrected chi connectivity index (χ2v) is 7.93. The van der Waals surface area contributed by atoms with E-state index in [1.54, 1.807) is 0 Å². The number of carbonyl (C=O) groups excluding carboxylic acids is 1. The molecule has 158 valence electrons. The summed E-state index contributed by atoms with van der Waals surface area (Å²) in [5.74, 6) is 1.95. The number of aliphatic imine (C=N–C) groups is 1. The number of nitrogens with one attached hydrogen (secondary N) is 2. The van der Waals surface area contributed by atoms with E-state index < -0.39 is 0 Å². The Balaban J connectivity index is 1.22. The van der Waals surface area contributed by atoms with Crippen LogP contribution in [0.2, 0.25) is 0 Å². The van der Waals surface area contributed by atoms with Gasteiger partial charge < -0.3 is 25.2 Å². The first kappa shape index (κ1) is 19.9. The van der Waals surface area contributed by atoms with Crippen LogP contribution in [0.5, 0.6) is 0 Å². The molecule has 3 aliphatic rings. The number of guanidine groups is 1. The number of rotatable bonds is 6. The van der Waals surface area contributed by atoms with Gasteiger partial charge >= 0.3 is 0 Å². The number of anilines is 1. The fourth-order valence-corrected chi connectivity index (χ4v) is 4.43. The van der Waals surface area contributed by atoms with Crippen LogP contribution in [0.25, 0.3) is 0 Å². The van der Waals surface area contributed by atoms with Gasteiger partial charge in [0, 0.05) is 45.3 Å². The van der Waals surface area contributed by atoms with Crippen molar-refractivity contribution in [1.29, 1.82) is 0 Å². The van der Waals surface area contributed by atoms with Gasteiger partial charge in [-0.25, -0.2) is 4.98 Å². The van der Waals surface area contributed by atoms with Gasteiger partial charge in [0.05, 0.1) is 24.8 Å². The van der Waals surface area contributed by atoms with Crippen LogP contribution in [0.4, 0.5) is 5.82 Å². The third-order valence-electron chi connectivity index (χ3n) is 5.97. The van der Waals surface area contributed by atoms with Crippen LogP contribution in [-0.2, 0) is 9.53 Å². The minimum atomic E-state index is 0.175. The van der Waals surface area contributed by atoms with E-state index in [0.717, 1.165) is 57.3 Å². The molecule has 2 N–H and O–H groups in total. The molecule has 0 aromatic carbocycles. The number of piperazine rings is 1. The first-order valence-electron chi connectivity index (χ1n) is 10.9. The smallest absolute Gasteiger partial charge is 0.224 e. The van der Waals surface area contributed by atoms with E-state index >= 15 is 0 Å². The zero-order valence-corrected chi connectivity index (χ0v) is 17.2. The molecular weight excluding hydrogens is 368 g/mol. The summed E-state index contributed by atoms with van der Waals surface area (Å²) < 4.78 is 5.91. The van der Waals surface area contributed by atoms with E-state index in [2.05, 4.69) is 32.4 Å². The second kappa shape index (κ2) is 9.43. The van der Waals surface area contributed by atoms with Crippen LogP contribution >= 0.6 is 0 Å². The van der Waals surface area contributed by atoms with Gasteiger partial charge in [0.1, 0.15) is 5.82 Å². The molecule has 8 nitrogen and oxygen atoms in total. The Hall–Kier alpha value is -2.35. The molecule has 1 aromatic heterocycles. The Morgan fingerprint density at radius 1 is 1.28 bits per heavy atom. The second-order valence-electron chi connectivity index (χ2n) is 7.93. The van der Waals surface area contributed by atoms with Crippen molar-refractivity contribution in [2.75, 3.05) is 44.2 Å². The molecule has 0 radical (unpaired) electrons. The molecule has 4 heterocycles. The van der Waals surface area contributed by atoms with Crippen LogP contribution < -0.4 is 15.5 Å². The molecule has 0 saturated carbocycles. The summed E-state index contributed by atoms with van der Waals surface area (Å²) in [5, 5.41) is 6.79. The Morgan fingerprint density at radius 2 is 2.14 bits per heavy atom. The van der Waals surface area contributed by atoms with Crippen molar-refractivity contribution in [3.8, 4) is 0 Å². The van der Waals surface area contributed by atoms with Crippen LogP contribution in [0.3, 0.4) is 0 Å². The maximum Gasteiger partial charge on any atom is 0.224 e. The topological polar surface area (TPSA) is 82.1 Å². The largest absolute Gasteiger partial charge is 0.373 e. The molecule has 3 fully saturated rings. The summed E-state index contributed by atoms with van der Waals surface area (Å²) in [6.45, 7) is 6.47. The predicted octanol–water partition coefficient (Wildman–Crippen LogP) is 0.995. The Labute approximate surface area is 172 Å². The van der Waals surface area contributed by atoms with Gasteiger partial charge in [-0.05, 0) is 38.3 Å². The first-order chi connectivity index (χ1) is 14.2. The van der Waals surface area contributed by atoms with Crippen LogP contribution in [-0.4, -0.2) is 79.3 Å². The highest BCUT2D eigenvalue weighted by Gasteiger charge is 2.41. The maximum atomic E-state index is 12.6. The van der Waals surface area contributed by atoms with Gasteiger partial charge in [-0.2, -0.15) is 0 Å². The molecule has 2 bridgehead atoms. The zero-order chi connectivity index (χ0) is 20.1. The van der Waals surface area contributed by atoms with Crippen LogP contribution in [0.15, 0.2) is 29.4 Å². The molecular formula is C21H32N6O2.